The topological polar surface area (TPSA) is 64.9 Å². The molecule has 0 spiro atoms. The molecule has 3 aromatic rings. The Bertz CT molecular complexity index is 1060. The standard InChI is InChI=1S/C23H21N3O/c1-3-17-10-6-7-16(2)22(17)26-23(27)20(14-24)15-25-21-12-11-18-8-4-5-9-19(18)13-21/h4-13,15,25H,3H2,1-2H3,(H,26,27)/b20-15-. The zero-order chi connectivity index (χ0) is 19.2. The van der Waals surface area contributed by atoms with Crippen molar-refractivity contribution in [1.82, 2.24) is 0 Å². The monoisotopic (exact) mass is 355 g/mol. The van der Waals surface area contributed by atoms with Crippen LogP contribution in [0.4, 0.5) is 11.4 Å². The summed E-state index contributed by atoms with van der Waals surface area (Å²) in [5, 5.41) is 17.6. The highest BCUT2D eigenvalue weighted by Crippen LogP contribution is 2.22. The molecule has 0 fully saturated rings. The van der Waals surface area contributed by atoms with Crippen LogP contribution in [0.1, 0.15) is 18.1 Å². The van der Waals surface area contributed by atoms with Crippen molar-refractivity contribution in [1.29, 1.82) is 5.26 Å². The van der Waals surface area contributed by atoms with E-state index in [1.807, 2.05) is 80.6 Å². The molecule has 3 rings (SSSR count). The van der Waals surface area contributed by atoms with Gasteiger partial charge in [-0.2, -0.15) is 5.26 Å². The van der Waals surface area contributed by atoms with Crippen molar-refractivity contribution in [3.05, 3.63) is 83.6 Å². The SMILES string of the molecule is CCc1cccc(C)c1NC(=O)/C(C#N)=C\Nc1ccc2ccccc2c1. The Morgan fingerprint density at radius 1 is 1.07 bits per heavy atom. The molecule has 0 aliphatic rings. The number of amides is 1. The lowest BCUT2D eigenvalue weighted by molar-refractivity contribution is -0.112. The highest BCUT2D eigenvalue weighted by atomic mass is 16.1. The summed E-state index contributed by atoms with van der Waals surface area (Å²) in [6.45, 7) is 3.98. The molecule has 0 bridgehead atoms. The largest absolute Gasteiger partial charge is 0.360 e. The van der Waals surface area contributed by atoms with Gasteiger partial charge in [-0.25, -0.2) is 0 Å². The van der Waals surface area contributed by atoms with Crippen LogP contribution < -0.4 is 10.6 Å². The molecule has 27 heavy (non-hydrogen) atoms. The Hall–Kier alpha value is -3.58. The van der Waals surface area contributed by atoms with Crippen LogP contribution in [0.3, 0.4) is 0 Å². The maximum atomic E-state index is 12.6. The molecule has 0 aliphatic carbocycles. The molecule has 1 amide bonds. The van der Waals surface area contributed by atoms with E-state index in [4.69, 9.17) is 0 Å². The highest BCUT2D eigenvalue weighted by Gasteiger charge is 2.13. The zero-order valence-corrected chi connectivity index (χ0v) is 15.4. The van der Waals surface area contributed by atoms with E-state index in [1.165, 1.54) is 6.20 Å². The molecule has 2 N–H and O–H groups in total. The van der Waals surface area contributed by atoms with Crippen LogP contribution in [0.5, 0.6) is 0 Å². The van der Waals surface area contributed by atoms with E-state index < -0.39 is 5.91 Å². The van der Waals surface area contributed by atoms with Crippen molar-refractivity contribution in [2.24, 2.45) is 0 Å². The van der Waals surface area contributed by atoms with Crippen molar-refractivity contribution in [3.8, 4) is 6.07 Å². The summed E-state index contributed by atoms with van der Waals surface area (Å²) in [6, 6.07) is 21.8. The zero-order valence-electron chi connectivity index (χ0n) is 15.4. The molecule has 3 aromatic carbocycles. The molecule has 0 aromatic heterocycles. The number of nitrogens with one attached hydrogen (secondary N) is 2. The van der Waals surface area contributed by atoms with Crippen molar-refractivity contribution in [2.45, 2.75) is 20.3 Å². The van der Waals surface area contributed by atoms with Gasteiger partial charge in [-0.15, -0.1) is 0 Å². The minimum absolute atomic E-state index is 0.0217. The third-order valence-corrected chi connectivity index (χ3v) is 4.48. The number of hydrogen-bond acceptors (Lipinski definition) is 3. The lowest BCUT2D eigenvalue weighted by atomic mass is 10.1. The second-order valence-electron chi connectivity index (χ2n) is 6.29. The maximum Gasteiger partial charge on any atom is 0.267 e. The Balaban J connectivity index is 1.79. The van der Waals surface area contributed by atoms with Crippen LogP contribution in [-0.2, 0) is 11.2 Å². The van der Waals surface area contributed by atoms with E-state index in [2.05, 4.69) is 10.6 Å². The van der Waals surface area contributed by atoms with Gasteiger partial charge in [0.05, 0.1) is 0 Å². The van der Waals surface area contributed by atoms with E-state index in [1.54, 1.807) is 0 Å². The number of para-hydroxylation sites is 1. The molecule has 0 unspecified atom stereocenters. The minimum atomic E-state index is -0.421. The van der Waals surface area contributed by atoms with E-state index in [0.717, 1.165) is 39.7 Å². The van der Waals surface area contributed by atoms with Gasteiger partial charge < -0.3 is 10.6 Å². The first-order chi connectivity index (χ1) is 13.1. The van der Waals surface area contributed by atoms with Gasteiger partial charge >= 0.3 is 0 Å². The summed E-state index contributed by atoms with van der Waals surface area (Å²) < 4.78 is 0. The summed E-state index contributed by atoms with van der Waals surface area (Å²) in [6.07, 6.45) is 2.25. The van der Waals surface area contributed by atoms with Gasteiger partial charge in [-0.3, -0.25) is 4.79 Å². The first-order valence-electron chi connectivity index (χ1n) is 8.88. The number of rotatable bonds is 5. The fourth-order valence-corrected chi connectivity index (χ4v) is 2.97. The van der Waals surface area contributed by atoms with Gasteiger partial charge in [0.25, 0.3) is 5.91 Å². The third-order valence-electron chi connectivity index (χ3n) is 4.48. The number of hydrogen-bond donors (Lipinski definition) is 2. The predicted octanol–water partition coefficient (Wildman–Crippen LogP) is 5.17. The first kappa shape index (κ1) is 18.2. The van der Waals surface area contributed by atoms with E-state index in [0.29, 0.717) is 0 Å². The van der Waals surface area contributed by atoms with Gasteiger partial charge in [0.1, 0.15) is 11.6 Å². The van der Waals surface area contributed by atoms with Gasteiger partial charge in [-0.1, -0.05) is 55.5 Å². The van der Waals surface area contributed by atoms with Crippen LogP contribution in [-0.4, -0.2) is 5.91 Å². The van der Waals surface area contributed by atoms with E-state index >= 15 is 0 Å². The molecule has 0 atom stereocenters. The molecule has 0 aliphatic heterocycles. The molecule has 4 nitrogen and oxygen atoms in total. The number of fused-ring (bicyclic) bond motifs is 1. The molecule has 0 heterocycles. The predicted molar refractivity (Wildman–Crippen MR) is 110 cm³/mol. The number of anilines is 2. The van der Waals surface area contributed by atoms with Crippen LogP contribution in [0, 0.1) is 18.3 Å². The lowest BCUT2D eigenvalue weighted by Gasteiger charge is -2.12. The van der Waals surface area contributed by atoms with Gasteiger partial charge in [-0.05, 0) is 47.4 Å². The molecular weight excluding hydrogens is 334 g/mol. The first-order valence-corrected chi connectivity index (χ1v) is 8.88. The normalized spacial score (nSPS) is 11.1. The fraction of sp³-hybridized carbons (Fsp3) is 0.130. The quantitative estimate of drug-likeness (QED) is 0.490. The Labute approximate surface area is 159 Å². The van der Waals surface area contributed by atoms with Crippen molar-refractivity contribution >= 4 is 28.1 Å². The summed E-state index contributed by atoms with van der Waals surface area (Å²) >= 11 is 0. The fourth-order valence-electron chi connectivity index (χ4n) is 2.97. The summed E-state index contributed by atoms with van der Waals surface area (Å²) in [5.41, 5.74) is 3.63. The molecule has 0 saturated carbocycles. The smallest absolute Gasteiger partial charge is 0.267 e. The summed E-state index contributed by atoms with van der Waals surface area (Å²) in [7, 11) is 0. The summed E-state index contributed by atoms with van der Waals surface area (Å²) in [4.78, 5) is 12.6. The molecule has 134 valence electrons. The molecule has 4 heteroatoms. The maximum absolute atomic E-state index is 12.6. The van der Waals surface area contributed by atoms with Crippen LogP contribution in [0.15, 0.2) is 72.4 Å². The third kappa shape index (κ3) is 4.16. The number of aryl methyl sites for hydroxylation is 2. The molecular formula is C23H21N3O. The Kier molecular flexibility index (Phi) is 5.53. The Morgan fingerprint density at radius 2 is 1.85 bits per heavy atom. The molecule has 0 radical (unpaired) electrons. The Morgan fingerprint density at radius 3 is 2.59 bits per heavy atom. The van der Waals surface area contributed by atoms with Gasteiger partial charge in [0.15, 0.2) is 0 Å². The van der Waals surface area contributed by atoms with E-state index in [-0.39, 0.29) is 5.57 Å². The molecule has 0 saturated heterocycles. The van der Waals surface area contributed by atoms with Crippen molar-refractivity contribution < 1.29 is 4.79 Å². The number of nitriles is 1. The van der Waals surface area contributed by atoms with E-state index in [9.17, 15) is 10.1 Å². The average Bonchev–Trinajstić information content (AvgIpc) is 2.69. The van der Waals surface area contributed by atoms with Crippen LogP contribution in [0.2, 0.25) is 0 Å². The van der Waals surface area contributed by atoms with Gasteiger partial charge in [0.2, 0.25) is 0 Å². The minimum Gasteiger partial charge on any atom is -0.360 e. The number of nitrogens with zero attached hydrogens (tertiary/aromatic N) is 1. The summed E-state index contributed by atoms with van der Waals surface area (Å²) in [5.74, 6) is -0.421. The number of carbonyl (C=O) groups is 1. The van der Waals surface area contributed by atoms with Crippen molar-refractivity contribution in [2.75, 3.05) is 10.6 Å². The average molecular weight is 355 g/mol. The second-order valence-corrected chi connectivity index (χ2v) is 6.29. The second kappa shape index (κ2) is 8.20. The van der Waals surface area contributed by atoms with Crippen LogP contribution in [0.25, 0.3) is 10.8 Å². The number of carbonyl (C=O) groups excluding carboxylic acids is 1. The lowest BCUT2D eigenvalue weighted by Crippen LogP contribution is -2.16. The van der Waals surface area contributed by atoms with Gasteiger partial charge in [0, 0.05) is 17.6 Å². The van der Waals surface area contributed by atoms with Crippen LogP contribution >= 0.6 is 0 Å². The van der Waals surface area contributed by atoms with Crippen molar-refractivity contribution in [3.63, 3.8) is 0 Å². The number of benzene rings is 3. The highest BCUT2D eigenvalue weighted by molar-refractivity contribution is 6.07.